The molecule has 0 saturated carbocycles. The Kier molecular flexibility index (Phi) is 7.10. The van der Waals surface area contributed by atoms with Crippen molar-refractivity contribution < 1.29 is 14.4 Å². The Balaban J connectivity index is 1.57. The monoisotopic (exact) mass is 345 g/mol. The summed E-state index contributed by atoms with van der Waals surface area (Å²) < 4.78 is 0. The summed E-state index contributed by atoms with van der Waals surface area (Å²) in [5.74, 6) is -0.415. The van der Waals surface area contributed by atoms with Gasteiger partial charge in [-0.25, -0.2) is 0 Å². The predicted molar refractivity (Wildman–Crippen MR) is 91.6 cm³/mol. The molecule has 0 fully saturated rings. The zero-order chi connectivity index (χ0) is 17.2. The molecular weight excluding hydrogens is 326 g/mol. The Morgan fingerprint density at radius 2 is 1.79 bits per heavy atom. The standard InChI is InChI=1S/C17H19N3O3S/c21-14(15-5-3-11-24-15)6-7-16(22)19-10-8-17(23)20-12-13-4-1-2-9-18-13/h1-5,9,11H,6-8,10,12H2,(H,19,22)(H,20,23). The summed E-state index contributed by atoms with van der Waals surface area (Å²) in [4.78, 5) is 39.9. The van der Waals surface area contributed by atoms with E-state index < -0.39 is 0 Å². The van der Waals surface area contributed by atoms with Gasteiger partial charge < -0.3 is 10.6 Å². The molecule has 2 aromatic heterocycles. The molecule has 24 heavy (non-hydrogen) atoms. The number of nitrogens with zero attached hydrogens (tertiary/aromatic N) is 1. The summed E-state index contributed by atoms with van der Waals surface area (Å²) in [5.41, 5.74) is 0.780. The zero-order valence-electron chi connectivity index (χ0n) is 13.2. The molecule has 0 spiro atoms. The fraction of sp³-hybridized carbons (Fsp3) is 0.294. The summed E-state index contributed by atoms with van der Waals surface area (Å²) >= 11 is 1.37. The van der Waals surface area contributed by atoms with Crippen molar-refractivity contribution in [2.24, 2.45) is 0 Å². The van der Waals surface area contributed by atoms with E-state index >= 15 is 0 Å². The lowest BCUT2D eigenvalue weighted by Crippen LogP contribution is -2.30. The summed E-state index contributed by atoms with van der Waals surface area (Å²) in [5, 5.41) is 7.21. The third-order valence-electron chi connectivity index (χ3n) is 3.24. The minimum atomic E-state index is -0.225. The van der Waals surface area contributed by atoms with Gasteiger partial charge in [0.05, 0.1) is 17.1 Å². The van der Waals surface area contributed by atoms with Crippen molar-refractivity contribution in [1.29, 1.82) is 0 Å². The fourth-order valence-electron chi connectivity index (χ4n) is 1.97. The van der Waals surface area contributed by atoms with Crippen molar-refractivity contribution in [3.63, 3.8) is 0 Å². The highest BCUT2D eigenvalue weighted by Gasteiger charge is 2.10. The van der Waals surface area contributed by atoms with Crippen LogP contribution in [0.1, 0.15) is 34.6 Å². The van der Waals surface area contributed by atoms with Gasteiger partial charge in [0, 0.05) is 32.0 Å². The highest BCUT2D eigenvalue weighted by Crippen LogP contribution is 2.12. The van der Waals surface area contributed by atoms with E-state index in [0.29, 0.717) is 11.4 Å². The van der Waals surface area contributed by atoms with Crippen molar-refractivity contribution >= 4 is 28.9 Å². The summed E-state index contributed by atoms with van der Waals surface area (Å²) in [6, 6.07) is 9.04. The maximum absolute atomic E-state index is 11.8. The number of carbonyl (C=O) groups excluding carboxylic acids is 3. The first-order chi connectivity index (χ1) is 11.6. The number of aromatic nitrogens is 1. The molecule has 7 heteroatoms. The lowest BCUT2D eigenvalue weighted by atomic mass is 10.2. The average Bonchev–Trinajstić information content (AvgIpc) is 3.13. The van der Waals surface area contributed by atoms with Gasteiger partial charge in [0.25, 0.3) is 0 Å². The van der Waals surface area contributed by atoms with E-state index in [4.69, 9.17) is 0 Å². The Hall–Kier alpha value is -2.54. The van der Waals surface area contributed by atoms with Gasteiger partial charge >= 0.3 is 0 Å². The molecule has 2 rings (SSSR count). The largest absolute Gasteiger partial charge is 0.356 e. The normalized spacial score (nSPS) is 10.2. The molecule has 0 bridgehead atoms. The van der Waals surface area contributed by atoms with Gasteiger partial charge in [0.1, 0.15) is 0 Å². The number of ketones is 1. The molecule has 0 aliphatic rings. The fourth-order valence-corrected chi connectivity index (χ4v) is 2.67. The van der Waals surface area contributed by atoms with Crippen LogP contribution >= 0.6 is 11.3 Å². The molecule has 0 atom stereocenters. The lowest BCUT2D eigenvalue weighted by Gasteiger charge is -2.06. The van der Waals surface area contributed by atoms with Crippen LogP contribution in [-0.2, 0) is 16.1 Å². The van der Waals surface area contributed by atoms with Crippen molar-refractivity contribution in [1.82, 2.24) is 15.6 Å². The van der Waals surface area contributed by atoms with Crippen LogP contribution in [0.4, 0.5) is 0 Å². The van der Waals surface area contributed by atoms with Crippen molar-refractivity contribution in [3.05, 3.63) is 52.5 Å². The Bertz CT molecular complexity index is 672. The van der Waals surface area contributed by atoms with Crippen LogP contribution in [0.25, 0.3) is 0 Å². The van der Waals surface area contributed by atoms with E-state index in [1.54, 1.807) is 12.3 Å². The van der Waals surface area contributed by atoms with Gasteiger partial charge in [-0.1, -0.05) is 12.1 Å². The first-order valence-electron chi connectivity index (χ1n) is 7.65. The number of hydrogen-bond donors (Lipinski definition) is 2. The maximum Gasteiger partial charge on any atom is 0.222 e. The van der Waals surface area contributed by atoms with E-state index in [-0.39, 0.29) is 43.4 Å². The molecular formula is C17H19N3O3S. The molecule has 126 valence electrons. The number of nitrogens with one attached hydrogen (secondary N) is 2. The molecule has 6 nitrogen and oxygen atoms in total. The van der Waals surface area contributed by atoms with E-state index in [1.165, 1.54) is 11.3 Å². The van der Waals surface area contributed by atoms with Gasteiger partial charge in [-0.05, 0) is 23.6 Å². The number of rotatable bonds is 9. The number of carbonyl (C=O) groups is 3. The van der Waals surface area contributed by atoms with Gasteiger partial charge in [-0.3, -0.25) is 19.4 Å². The second-order valence-corrected chi connectivity index (χ2v) is 6.05. The lowest BCUT2D eigenvalue weighted by molar-refractivity contribution is -0.122. The van der Waals surface area contributed by atoms with E-state index in [1.807, 2.05) is 29.6 Å². The molecule has 0 radical (unpaired) electrons. The Morgan fingerprint density at radius 3 is 2.50 bits per heavy atom. The van der Waals surface area contributed by atoms with Gasteiger partial charge in [0.15, 0.2) is 5.78 Å². The smallest absolute Gasteiger partial charge is 0.222 e. The average molecular weight is 345 g/mol. The van der Waals surface area contributed by atoms with Crippen LogP contribution in [-0.4, -0.2) is 29.1 Å². The zero-order valence-corrected chi connectivity index (χ0v) is 14.0. The van der Waals surface area contributed by atoms with Crippen LogP contribution in [0.15, 0.2) is 41.9 Å². The quantitative estimate of drug-likeness (QED) is 0.680. The minimum Gasteiger partial charge on any atom is -0.356 e. The number of Topliss-reactive ketones (excluding diaryl/α,β-unsaturated/α-hetero) is 1. The van der Waals surface area contributed by atoms with Crippen molar-refractivity contribution in [2.75, 3.05) is 6.54 Å². The summed E-state index contributed by atoms with van der Waals surface area (Å²) in [6.45, 7) is 0.614. The van der Waals surface area contributed by atoms with Crippen LogP contribution < -0.4 is 10.6 Å². The molecule has 2 N–H and O–H groups in total. The Labute approximate surface area is 144 Å². The first kappa shape index (κ1) is 17.8. The van der Waals surface area contributed by atoms with Crippen molar-refractivity contribution in [2.45, 2.75) is 25.8 Å². The second kappa shape index (κ2) is 9.57. The SMILES string of the molecule is O=C(CCC(=O)c1cccs1)NCCC(=O)NCc1ccccn1. The topological polar surface area (TPSA) is 88.2 Å². The van der Waals surface area contributed by atoms with E-state index in [9.17, 15) is 14.4 Å². The van der Waals surface area contributed by atoms with Crippen molar-refractivity contribution in [3.8, 4) is 0 Å². The molecule has 2 amide bonds. The predicted octanol–water partition coefficient (Wildman–Crippen LogP) is 1.93. The molecule has 0 aliphatic heterocycles. The Morgan fingerprint density at radius 1 is 0.958 bits per heavy atom. The highest BCUT2D eigenvalue weighted by atomic mass is 32.1. The van der Waals surface area contributed by atoms with E-state index in [2.05, 4.69) is 15.6 Å². The highest BCUT2D eigenvalue weighted by molar-refractivity contribution is 7.12. The molecule has 2 aromatic rings. The molecule has 2 heterocycles. The number of thiophene rings is 1. The van der Waals surface area contributed by atoms with Gasteiger partial charge in [-0.15, -0.1) is 11.3 Å². The first-order valence-corrected chi connectivity index (χ1v) is 8.53. The molecule has 0 saturated heterocycles. The van der Waals surface area contributed by atoms with E-state index in [0.717, 1.165) is 5.69 Å². The molecule has 0 aromatic carbocycles. The third kappa shape index (κ3) is 6.29. The molecule has 0 aliphatic carbocycles. The second-order valence-electron chi connectivity index (χ2n) is 5.10. The van der Waals surface area contributed by atoms with Crippen LogP contribution in [0.3, 0.4) is 0 Å². The number of pyridine rings is 1. The summed E-state index contributed by atoms with van der Waals surface area (Å²) in [6.07, 6.45) is 2.17. The number of hydrogen-bond acceptors (Lipinski definition) is 5. The van der Waals surface area contributed by atoms with Crippen LogP contribution in [0.2, 0.25) is 0 Å². The van der Waals surface area contributed by atoms with Gasteiger partial charge in [0.2, 0.25) is 11.8 Å². The third-order valence-corrected chi connectivity index (χ3v) is 4.15. The maximum atomic E-state index is 11.8. The summed E-state index contributed by atoms with van der Waals surface area (Å²) in [7, 11) is 0. The number of amides is 2. The van der Waals surface area contributed by atoms with Crippen LogP contribution in [0, 0.1) is 0 Å². The van der Waals surface area contributed by atoms with Crippen LogP contribution in [0.5, 0.6) is 0 Å². The minimum absolute atomic E-state index is 0.0340. The molecule has 0 unspecified atom stereocenters. The van der Waals surface area contributed by atoms with Gasteiger partial charge in [-0.2, -0.15) is 0 Å².